The first-order chi connectivity index (χ1) is 6.15. The van der Waals surface area contributed by atoms with Gasteiger partial charge in [-0.2, -0.15) is 0 Å². The van der Waals surface area contributed by atoms with Gasteiger partial charge in [-0.15, -0.1) is 0 Å². The second kappa shape index (κ2) is 3.85. The van der Waals surface area contributed by atoms with Crippen molar-refractivity contribution in [2.24, 2.45) is 0 Å². The van der Waals surface area contributed by atoms with Crippen molar-refractivity contribution >= 4 is 12.3 Å². The normalized spacial score (nSPS) is 12.1. The topological polar surface area (TPSA) is 54.4 Å². The highest BCUT2D eigenvalue weighted by Crippen LogP contribution is 2.14. The fraction of sp³-hybridized carbons (Fsp3) is 0.200. The van der Waals surface area contributed by atoms with Gasteiger partial charge < -0.3 is 9.90 Å². The molecule has 0 saturated heterocycles. The first-order valence-electron chi connectivity index (χ1n) is 3.93. The van der Waals surface area contributed by atoms with E-state index in [1.807, 2.05) is 0 Å². The zero-order chi connectivity index (χ0) is 9.84. The lowest BCUT2D eigenvalue weighted by atomic mass is 10.0. The number of carbonyl (C=O) groups is 2. The minimum absolute atomic E-state index is 0.214. The fourth-order valence-corrected chi connectivity index (χ4v) is 1.03. The number of aldehydes is 1. The lowest BCUT2D eigenvalue weighted by Gasteiger charge is -2.03. The fourth-order valence-electron chi connectivity index (χ4n) is 1.03. The molecule has 0 aromatic heterocycles. The van der Waals surface area contributed by atoms with Gasteiger partial charge in [0.2, 0.25) is 0 Å². The summed E-state index contributed by atoms with van der Waals surface area (Å²) < 4.78 is 0. The Morgan fingerprint density at radius 1 is 1.54 bits per heavy atom. The SMILES string of the molecule is CC(C=O)c1cccc(C(=O)O)c1. The minimum Gasteiger partial charge on any atom is -0.478 e. The Kier molecular flexibility index (Phi) is 2.80. The zero-order valence-electron chi connectivity index (χ0n) is 7.23. The highest BCUT2D eigenvalue weighted by atomic mass is 16.4. The predicted octanol–water partition coefficient (Wildman–Crippen LogP) is 1.69. The van der Waals surface area contributed by atoms with E-state index in [1.165, 1.54) is 12.1 Å². The van der Waals surface area contributed by atoms with Crippen LogP contribution in [0, 0.1) is 0 Å². The molecule has 1 N–H and O–H groups in total. The Hall–Kier alpha value is -1.64. The van der Waals surface area contributed by atoms with Crippen molar-refractivity contribution in [2.45, 2.75) is 12.8 Å². The van der Waals surface area contributed by atoms with Gasteiger partial charge >= 0.3 is 5.97 Å². The summed E-state index contributed by atoms with van der Waals surface area (Å²) in [7, 11) is 0. The summed E-state index contributed by atoms with van der Waals surface area (Å²) in [5.74, 6) is -1.22. The van der Waals surface area contributed by atoms with Crippen molar-refractivity contribution in [2.75, 3.05) is 0 Å². The van der Waals surface area contributed by atoms with Crippen LogP contribution in [0.5, 0.6) is 0 Å². The lowest BCUT2D eigenvalue weighted by Crippen LogP contribution is -2.00. The molecule has 0 fully saturated rings. The Labute approximate surface area is 76.0 Å². The number of benzene rings is 1. The van der Waals surface area contributed by atoms with Crippen molar-refractivity contribution in [3.63, 3.8) is 0 Å². The molecule has 68 valence electrons. The standard InChI is InChI=1S/C10H10O3/c1-7(6-11)8-3-2-4-9(5-8)10(12)13/h2-7H,1H3,(H,12,13). The van der Waals surface area contributed by atoms with Crippen molar-refractivity contribution in [3.8, 4) is 0 Å². The van der Waals surface area contributed by atoms with E-state index in [-0.39, 0.29) is 11.5 Å². The van der Waals surface area contributed by atoms with Crippen LogP contribution in [-0.2, 0) is 4.79 Å². The second-order valence-corrected chi connectivity index (χ2v) is 2.86. The maximum Gasteiger partial charge on any atom is 0.335 e. The highest BCUT2D eigenvalue weighted by molar-refractivity contribution is 5.88. The third kappa shape index (κ3) is 2.15. The molecule has 0 aliphatic rings. The number of hydrogen-bond donors (Lipinski definition) is 1. The van der Waals surface area contributed by atoms with Gasteiger partial charge in [0.05, 0.1) is 5.56 Å². The molecule has 1 rings (SSSR count). The molecule has 0 heterocycles. The molecule has 1 aromatic rings. The maximum atomic E-state index is 10.6. The Balaban J connectivity index is 3.04. The molecule has 0 aliphatic heterocycles. The van der Waals surface area contributed by atoms with Gasteiger partial charge in [0.25, 0.3) is 0 Å². The molecule has 0 aliphatic carbocycles. The van der Waals surface area contributed by atoms with Crippen LogP contribution in [0.2, 0.25) is 0 Å². The molecule has 13 heavy (non-hydrogen) atoms. The van der Waals surface area contributed by atoms with Crippen LogP contribution < -0.4 is 0 Å². The monoisotopic (exact) mass is 178 g/mol. The van der Waals surface area contributed by atoms with Crippen LogP contribution in [-0.4, -0.2) is 17.4 Å². The van der Waals surface area contributed by atoms with E-state index in [0.717, 1.165) is 11.8 Å². The van der Waals surface area contributed by atoms with E-state index >= 15 is 0 Å². The summed E-state index contributed by atoms with van der Waals surface area (Å²) in [5.41, 5.74) is 0.945. The summed E-state index contributed by atoms with van der Waals surface area (Å²) in [4.78, 5) is 21.0. The molecular weight excluding hydrogens is 168 g/mol. The van der Waals surface area contributed by atoms with Crippen LogP contribution in [0.1, 0.15) is 28.8 Å². The molecule has 0 amide bonds. The molecule has 1 atom stereocenters. The summed E-state index contributed by atoms with van der Waals surface area (Å²) in [6.07, 6.45) is 0.793. The molecule has 1 unspecified atom stereocenters. The van der Waals surface area contributed by atoms with Gasteiger partial charge in [0, 0.05) is 5.92 Å². The van der Waals surface area contributed by atoms with Gasteiger partial charge in [-0.25, -0.2) is 4.79 Å². The van der Waals surface area contributed by atoms with Gasteiger partial charge in [-0.1, -0.05) is 19.1 Å². The third-order valence-electron chi connectivity index (χ3n) is 1.86. The summed E-state index contributed by atoms with van der Waals surface area (Å²) >= 11 is 0. The van der Waals surface area contributed by atoms with Gasteiger partial charge in [0.15, 0.2) is 0 Å². The molecule has 0 radical (unpaired) electrons. The molecule has 0 spiro atoms. The Morgan fingerprint density at radius 2 is 2.23 bits per heavy atom. The average Bonchev–Trinajstić information content (AvgIpc) is 2.17. The molecule has 0 bridgehead atoms. The van der Waals surface area contributed by atoms with Gasteiger partial charge in [-0.3, -0.25) is 0 Å². The number of aromatic carboxylic acids is 1. The van der Waals surface area contributed by atoms with Crippen molar-refractivity contribution in [1.29, 1.82) is 0 Å². The van der Waals surface area contributed by atoms with Crippen LogP contribution >= 0.6 is 0 Å². The van der Waals surface area contributed by atoms with Gasteiger partial charge in [0.1, 0.15) is 6.29 Å². The summed E-state index contributed by atoms with van der Waals surface area (Å²) in [6, 6.07) is 6.40. The van der Waals surface area contributed by atoms with Crippen molar-refractivity contribution in [1.82, 2.24) is 0 Å². The number of carboxylic acids is 1. The van der Waals surface area contributed by atoms with Crippen molar-refractivity contribution in [3.05, 3.63) is 35.4 Å². The van der Waals surface area contributed by atoms with Crippen molar-refractivity contribution < 1.29 is 14.7 Å². The number of carbonyl (C=O) groups excluding carboxylic acids is 1. The molecule has 3 heteroatoms. The van der Waals surface area contributed by atoms with Crippen LogP contribution in [0.25, 0.3) is 0 Å². The summed E-state index contributed by atoms with van der Waals surface area (Å²) in [5, 5.41) is 8.68. The van der Waals surface area contributed by atoms with Crippen LogP contribution in [0.3, 0.4) is 0 Å². The lowest BCUT2D eigenvalue weighted by molar-refractivity contribution is -0.108. The average molecular weight is 178 g/mol. The van der Waals surface area contributed by atoms with Crippen LogP contribution in [0.15, 0.2) is 24.3 Å². The Bertz CT molecular complexity index is 331. The second-order valence-electron chi connectivity index (χ2n) is 2.86. The molecule has 1 aromatic carbocycles. The largest absolute Gasteiger partial charge is 0.478 e. The third-order valence-corrected chi connectivity index (χ3v) is 1.86. The predicted molar refractivity (Wildman–Crippen MR) is 47.9 cm³/mol. The highest BCUT2D eigenvalue weighted by Gasteiger charge is 2.07. The first-order valence-corrected chi connectivity index (χ1v) is 3.93. The maximum absolute atomic E-state index is 10.6. The van der Waals surface area contributed by atoms with Crippen LogP contribution in [0.4, 0.5) is 0 Å². The van der Waals surface area contributed by atoms with E-state index < -0.39 is 5.97 Å². The number of carboxylic acid groups (broad SMARTS) is 1. The smallest absolute Gasteiger partial charge is 0.335 e. The molecule has 0 saturated carbocycles. The van der Waals surface area contributed by atoms with E-state index in [0.29, 0.717) is 0 Å². The quantitative estimate of drug-likeness (QED) is 0.716. The van der Waals surface area contributed by atoms with E-state index in [9.17, 15) is 9.59 Å². The molecular formula is C10H10O3. The van der Waals surface area contributed by atoms with E-state index in [1.54, 1.807) is 19.1 Å². The zero-order valence-corrected chi connectivity index (χ0v) is 7.23. The summed E-state index contributed by atoms with van der Waals surface area (Å²) in [6.45, 7) is 1.73. The number of rotatable bonds is 3. The van der Waals surface area contributed by atoms with E-state index in [2.05, 4.69) is 0 Å². The van der Waals surface area contributed by atoms with Gasteiger partial charge in [-0.05, 0) is 17.7 Å². The molecule has 3 nitrogen and oxygen atoms in total. The van der Waals surface area contributed by atoms with E-state index in [4.69, 9.17) is 5.11 Å². The number of hydrogen-bond acceptors (Lipinski definition) is 2. The Morgan fingerprint density at radius 3 is 2.77 bits per heavy atom. The first kappa shape index (κ1) is 9.45. The minimum atomic E-state index is -0.972.